The van der Waals surface area contributed by atoms with Gasteiger partial charge in [0.05, 0.1) is 29.8 Å². The van der Waals surface area contributed by atoms with E-state index < -0.39 is 23.3 Å². The van der Waals surface area contributed by atoms with Crippen molar-refractivity contribution in [2.24, 2.45) is 7.05 Å². The SMILES string of the molecule is CCOc1cc(C2NC(=O)Nc3c2c(=O)[nH]c(=O)n3C)cc(Br)c1OC. The number of urea groups is 1. The maximum absolute atomic E-state index is 12.4. The third kappa shape index (κ3) is 2.96. The summed E-state index contributed by atoms with van der Waals surface area (Å²) >= 11 is 3.42. The van der Waals surface area contributed by atoms with Crippen molar-refractivity contribution in [3.8, 4) is 11.5 Å². The van der Waals surface area contributed by atoms with Gasteiger partial charge >= 0.3 is 11.7 Å². The number of hydrogen-bond acceptors (Lipinski definition) is 5. The number of H-pyrrole nitrogens is 1. The molecule has 2 amide bonds. The van der Waals surface area contributed by atoms with Crippen LogP contribution in [0.1, 0.15) is 24.1 Å². The highest BCUT2D eigenvalue weighted by atomic mass is 79.9. The van der Waals surface area contributed by atoms with Crippen LogP contribution >= 0.6 is 15.9 Å². The van der Waals surface area contributed by atoms with Crippen LogP contribution in [0.3, 0.4) is 0 Å². The standard InChI is InChI=1S/C16H17BrN4O5/c1-4-26-9-6-7(5-8(17)12(9)25-3)11-10-13(19-15(23)18-11)21(2)16(24)20-14(10)22/h5-6,11H,4H2,1-3H3,(H2,18,19,23)(H,20,22,24). The molecule has 26 heavy (non-hydrogen) atoms. The van der Waals surface area contributed by atoms with E-state index in [2.05, 4.69) is 31.5 Å². The molecule has 0 radical (unpaired) electrons. The van der Waals surface area contributed by atoms with E-state index in [0.29, 0.717) is 28.1 Å². The Balaban J connectivity index is 2.24. The van der Waals surface area contributed by atoms with Gasteiger partial charge in [-0.25, -0.2) is 9.59 Å². The van der Waals surface area contributed by atoms with Crippen molar-refractivity contribution in [3.05, 3.63) is 48.6 Å². The molecule has 0 aliphatic carbocycles. The number of hydrogen-bond donors (Lipinski definition) is 3. The van der Waals surface area contributed by atoms with Gasteiger partial charge in [-0.3, -0.25) is 19.7 Å². The Morgan fingerprint density at radius 1 is 1.27 bits per heavy atom. The van der Waals surface area contributed by atoms with E-state index in [-0.39, 0.29) is 11.4 Å². The lowest BCUT2D eigenvalue weighted by Crippen LogP contribution is -2.46. The van der Waals surface area contributed by atoms with Gasteiger partial charge < -0.3 is 14.8 Å². The van der Waals surface area contributed by atoms with E-state index in [9.17, 15) is 14.4 Å². The van der Waals surface area contributed by atoms with E-state index in [0.717, 1.165) is 0 Å². The van der Waals surface area contributed by atoms with Crippen molar-refractivity contribution in [2.45, 2.75) is 13.0 Å². The molecule has 1 atom stereocenters. The number of ether oxygens (including phenoxy) is 2. The highest BCUT2D eigenvalue weighted by molar-refractivity contribution is 9.10. The first-order valence-corrected chi connectivity index (χ1v) is 8.57. The molecule has 1 aromatic heterocycles. The molecule has 0 bridgehead atoms. The zero-order chi connectivity index (χ0) is 19.0. The molecule has 0 saturated carbocycles. The second-order valence-electron chi connectivity index (χ2n) is 5.58. The molecule has 2 heterocycles. The van der Waals surface area contributed by atoms with Crippen LogP contribution in [-0.2, 0) is 7.05 Å². The van der Waals surface area contributed by atoms with Gasteiger partial charge in [0, 0.05) is 7.05 Å². The average Bonchev–Trinajstić information content (AvgIpc) is 2.59. The lowest BCUT2D eigenvalue weighted by atomic mass is 9.98. The summed E-state index contributed by atoms with van der Waals surface area (Å²) in [5, 5.41) is 5.22. The van der Waals surface area contributed by atoms with Crippen LogP contribution in [0.4, 0.5) is 10.6 Å². The summed E-state index contributed by atoms with van der Waals surface area (Å²) in [5.41, 5.74) is -0.362. The molecule has 3 rings (SSSR count). The number of nitrogens with one attached hydrogen (secondary N) is 3. The van der Waals surface area contributed by atoms with Crippen LogP contribution in [0.25, 0.3) is 0 Å². The van der Waals surface area contributed by atoms with Gasteiger partial charge in [0.25, 0.3) is 5.56 Å². The first-order chi connectivity index (χ1) is 12.4. The zero-order valence-electron chi connectivity index (χ0n) is 14.3. The number of benzene rings is 1. The smallest absolute Gasteiger partial charge is 0.329 e. The van der Waals surface area contributed by atoms with E-state index in [1.165, 1.54) is 18.7 Å². The van der Waals surface area contributed by atoms with E-state index >= 15 is 0 Å². The molecule has 0 saturated heterocycles. The van der Waals surface area contributed by atoms with Crippen molar-refractivity contribution in [1.29, 1.82) is 0 Å². The van der Waals surface area contributed by atoms with E-state index in [1.54, 1.807) is 12.1 Å². The van der Waals surface area contributed by atoms with Crippen LogP contribution in [0.2, 0.25) is 0 Å². The summed E-state index contributed by atoms with van der Waals surface area (Å²) in [5.74, 6) is 1.12. The van der Waals surface area contributed by atoms with Gasteiger partial charge in [0.2, 0.25) is 0 Å². The summed E-state index contributed by atoms with van der Waals surface area (Å²) in [6.45, 7) is 2.25. The molecular formula is C16H17BrN4O5. The van der Waals surface area contributed by atoms with Gasteiger partial charge in [-0.15, -0.1) is 0 Å². The lowest BCUT2D eigenvalue weighted by Gasteiger charge is -2.28. The maximum atomic E-state index is 12.4. The normalized spacial score (nSPS) is 15.7. The van der Waals surface area contributed by atoms with Crippen molar-refractivity contribution >= 4 is 27.8 Å². The van der Waals surface area contributed by atoms with Crippen molar-refractivity contribution in [2.75, 3.05) is 19.0 Å². The molecule has 1 aromatic carbocycles. The second kappa shape index (κ2) is 6.87. The van der Waals surface area contributed by atoms with Crippen molar-refractivity contribution < 1.29 is 14.3 Å². The third-order valence-electron chi connectivity index (χ3n) is 4.03. The number of aromatic amines is 1. The van der Waals surface area contributed by atoms with Crippen LogP contribution in [-0.4, -0.2) is 29.3 Å². The number of rotatable bonds is 4. The van der Waals surface area contributed by atoms with Gasteiger partial charge in [-0.2, -0.15) is 0 Å². The number of methoxy groups -OCH3 is 1. The molecule has 0 fully saturated rings. The van der Waals surface area contributed by atoms with Crippen LogP contribution in [0, 0.1) is 0 Å². The number of anilines is 1. The molecule has 3 N–H and O–H groups in total. The minimum Gasteiger partial charge on any atom is -0.492 e. The summed E-state index contributed by atoms with van der Waals surface area (Å²) in [6.07, 6.45) is 0. The van der Waals surface area contributed by atoms with Crippen molar-refractivity contribution in [1.82, 2.24) is 14.9 Å². The fourth-order valence-electron chi connectivity index (χ4n) is 2.87. The largest absolute Gasteiger partial charge is 0.492 e. The minimum absolute atomic E-state index is 0.150. The number of halogens is 1. The highest BCUT2D eigenvalue weighted by Crippen LogP contribution is 2.40. The number of fused-ring (bicyclic) bond motifs is 1. The first kappa shape index (κ1) is 18.1. The molecule has 138 valence electrons. The first-order valence-electron chi connectivity index (χ1n) is 7.78. The van der Waals surface area contributed by atoms with E-state index in [4.69, 9.17) is 9.47 Å². The van der Waals surface area contributed by atoms with Gasteiger partial charge in [-0.05, 0) is 40.5 Å². The minimum atomic E-state index is -0.768. The fourth-order valence-corrected chi connectivity index (χ4v) is 3.49. The predicted molar refractivity (Wildman–Crippen MR) is 98.2 cm³/mol. The number of nitrogens with zero attached hydrogens (tertiary/aromatic N) is 1. The summed E-state index contributed by atoms with van der Waals surface area (Å²) in [6, 6.07) is 2.13. The number of amides is 2. The zero-order valence-corrected chi connectivity index (χ0v) is 15.9. The molecule has 0 spiro atoms. The van der Waals surface area contributed by atoms with Crippen LogP contribution in [0.15, 0.2) is 26.2 Å². The monoisotopic (exact) mass is 424 g/mol. The molecule has 2 aromatic rings. The van der Waals surface area contributed by atoms with Crippen LogP contribution < -0.4 is 31.4 Å². The fraction of sp³-hybridized carbons (Fsp3) is 0.312. The van der Waals surface area contributed by atoms with Crippen LogP contribution in [0.5, 0.6) is 11.5 Å². The average molecular weight is 425 g/mol. The Hall–Kier alpha value is -2.75. The van der Waals surface area contributed by atoms with E-state index in [1.807, 2.05) is 6.92 Å². The molecule has 1 unspecified atom stereocenters. The predicted octanol–water partition coefficient (Wildman–Crippen LogP) is 1.47. The Labute approximate surface area is 156 Å². The summed E-state index contributed by atoms with van der Waals surface area (Å²) < 4.78 is 12.7. The van der Waals surface area contributed by atoms with Gasteiger partial charge in [0.15, 0.2) is 11.5 Å². The Morgan fingerprint density at radius 3 is 2.65 bits per heavy atom. The lowest BCUT2D eigenvalue weighted by molar-refractivity contribution is 0.248. The van der Waals surface area contributed by atoms with Gasteiger partial charge in [0.1, 0.15) is 5.82 Å². The number of aromatic nitrogens is 2. The van der Waals surface area contributed by atoms with Gasteiger partial charge in [-0.1, -0.05) is 0 Å². The number of carbonyl (C=O) groups is 1. The highest BCUT2D eigenvalue weighted by Gasteiger charge is 2.31. The maximum Gasteiger partial charge on any atom is 0.329 e. The quantitative estimate of drug-likeness (QED) is 0.687. The third-order valence-corrected chi connectivity index (χ3v) is 4.61. The molecule has 10 heteroatoms. The van der Waals surface area contributed by atoms with Crippen molar-refractivity contribution in [3.63, 3.8) is 0 Å². The topological polar surface area (TPSA) is 114 Å². The Morgan fingerprint density at radius 2 is 2.00 bits per heavy atom. The Bertz CT molecular complexity index is 997. The Kier molecular flexibility index (Phi) is 4.77. The molecule has 1 aliphatic heterocycles. The second-order valence-corrected chi connectivity index (χ2v) is 6.43. The number of carbonyl (C=O) groups excluding carboxylic acids is 1. The molecular weight excluding hydrogens is 408 g/mol. The summed E-state index contributed by atoms with van der Waals surface area (Å²) in [4.78, 5) is 38.6. The summed E-state index contributed by atoms with van der Waals surface area (Å²) in [7, 11) is 2.99. The molecule has 9 nitrogen and oxygen atoms in total. The molecule has 1 aliphatic rings.